The van der Waals surface area contributed by atoms with Crippen molar-refractivity contribution >= 4 is 5.97 Å². The van der Waals surface area contributed by atoms with Gasteiger partial charge in [-0.3, -0.25) is 4.79 Å². The Kier molecular flexibility index (Phi) is 4.23. The highest BCUT2D eigenvalue weighted by Gasteiger charge is 2.34. The standard InChI is InChI=1S/C13H18FNO2/c1-13(12(16)17,8-9-15(2)3)10-4-6-11(14)7-5-10/h4-7H,8-9H2,1-3H3,(H,16,17). The van der Waals surface area contributed by atoms with Gasteiger partial charge in [0.25, 0.3) is 0 Å². The molecule has 1 atom stereocenters. The van der Waals surface area contributed by atoms with Gasteiger partial charge in [-0.15, -0.1) is 0 Å². The van der Waals surface area contributed by atoms with Crippen LogP contribution in [-0.2, 0) is 10.2 Å². The third kappa shape index (κ3) is 3.27. The normalized spacial score (nSPS) is 14.6. The molecular formula is C13H18FNO2. The summed E-state index contributed by atoms with van der Waals surface area (Å²) < 4.78 is 12.8. The lowest BCUT2D eigenvalue weighted by Crippen LogP contribution is -2.35. The maximum absolute atomic E-state index is 12.8. The van der Waals surface area contributed by atoms with E-state index in [1.807, 2.05) is 19.0 Å². The van der Waals surface area contributed by atoms with Crippen molar-refractivity contribution in [2.75, 3.05) is 20.6 Å². The van der Waals surface area contributed by atoms with Crippen molar-refractivity contribution in [2.24, 2.45) is 0 Å². The van der Waals surface area contributed by atoms with Crippen LogP contribution in [0.5, 0.6) is 0 Å². The second-order valence-corrected chi connectivity index (χ2v) is 4.70. The fourth-order valence-electron chi connectivity index (χ4n) is 1.64. The van der Waals surface area contributed by atoms with Crippen molar-refractivity contribution in [3.63, 3.8) is 0 Å². The van der Waals surface area contributed by atoms with Gasteiger partial charge in [0, 0.05) is 0 Å². The number of hydrogen-bond acceptors (Lipinski definition) is 2. The topological polar surface area (TPSA) is 40.5 Å². The molecule has 0 aliphatic rings. The van der Waals surface area contributed by atoms with Gasteiger partial charge in [-0.2, -0.15) is 0 Å². The molecule has 0 saturated carbocycles. The van der Waals surface area contributed by atoms with Gasteiger partial charge in [0.2, 0.25) is 0 Å². The first kappa shape index (κ1) is 13.6. The maximum Gasteiger partial charge on any atom is 0.313 e. The minimum Gasteiger partial charge on any atom is -0.481 e. The Morgan fingerprint density at radius 3 is 2.29 bits per heavy atom. The third-order valence-corrected chi connectivity index (χ3v) is 3.01. The van der Waals surface area contributed by atoms with E-state index in [2.05, 4.69) is 0 Å². The van der Waals surface area contributed by atoms with E-state index in [4.69, 9.17) is 0 Å². The Hall–Kier alpha value is -1.42. The zero-order valence-electron chi connectivity index (χ0n) is 10.4. The van der Waals surface area contributed by atoms with Crippen LogP contribution in [0.1, 0.15) is 18.9 Å². The molecule has 0 saturated heterocycles. The Labute approximate surface area is 101 Å². The van der Waals surface area contributed by atoms with Crippen molar-refractivity contribution in [1.29, 1.82) is 0 Å². The molecule has 1 aromatic carbocycles. The number of hydrogen-bond donors (Lipinski definition) is 1. The summed E-state index contributed by atoms with van der Waals surface area (Å²) in [6.45, 7) is 2.34. The molecule has 0 aliphatic carbocycles. The number of nitrogens with zero attached hydrogens (tertiary/aromatic N) is 1. The van der Waals surface area contributed by atoms with Crippen LogP contribution in [-0.4, -0.2) is 36.6 Å². The molecule has 0 heterocycles. The van der Waals surface area contributed by atoms with Gasteiger partial charge in [0.15, 0.2) is 0 Å². The van der Waals surface area contributed by atoms with E-state index in [1.165, 1.54) is 12.1 Å². The van der Waals surface area contributed by atoms with Crippen molar-refractivity contribution < 1.29 is 14.3 Å². The van der Waals surface area contributed by atoms with Crippen LogP contribution in [0.3, 0.4) is 0 Å². The average Bonchev–Trinajstić information content (AvgIpc) is 2.26. The van der Waals surface area contributed by atoms with Crippen molar-refractivity contribution in [3.8, 4) is 0 Å². The van der Waals surface area contributed by atoms with E-state index < -0.39 is 11.4 Å². The number of aliphatic carboxylic acids is 1. The summed E-state index contributed by atoms with van der Waals surface area (Å²) >= 11 is 0. The second kappa shape index (κ2) is 5.27. The molecule has 3 nitrogen and oxygen atoms in total. The molecular weight excluding hydrogens is 221 g/mol. The van der Waals surface area contributed by atoms with Crippen LogP contribution in [0.15, 0.2) is 24.3 Å². The number of carbonyl (C=O) groups is 1. The monoisotopic (exact) mass is 239 g/mol. The predicted octanol–water partition coefficient (Wildman–Crippen LogP) is 2.12. The Morgan fingerprint density at radius 1 is 1.35 bits per heavy atom. The summed E-state index contributed by atoms with van der Waals surface area (Å²) in [6.07, 6.45) is 0.487. The van der Waals surface area contributed by atoms with Gasteiger partial charge in [0.05, 0.1) is 5.41 Å². The molecule has 0 spiro atoms. The first-order chi connectivity index (χ1) is 7.86. The molecule has 17 heavy (non-hydrogen) atoms. The van der Waals surface area contributed by atoms with E-state index in [9.17, 15) is 14.3 Å². The van der Waals surface area contributed by atoms with E-state index in [1.54, 1.807) is 19.1 Å². The Morgan fingerprint density at radius 2 is 1.88 bits per heavy atom. The lowest BCUT2D eigenvalue weighted by molar-refractivity contribution is -0.143. The largest absolute Gasteiger partial charge is 0.481 e. The van der Waals surface area contributed by atoms with E-state index in [0.717, 1.165) is 0 Å². The summed E-state index contributed by atoms with van der Waals surface area (Å²) in [5, 5.41) is 9.36. The quantitative estimate of drug-likeness (QED) is 0.855. The number of carboxylic acid groups (broad SMARTS) is 1. The van der Waals surface area contributed by atoms with Crippen LogP contribution in [0, 0.1) is 5.82 Å². The molecule has 1 rings (SSSR count). The smallest absolute Gasteiger partial charge is 0.313 e. The summed E-state index contributed by atoms with van der Waals surface area (Å²) in [7, 11) is 3.79. The maximum atomic E-state index is 12.8. The van der Waals surface area contributed by atoms with Gasteiger partial charge in [0.1, 0.15) is 5.82 Å². The Balaban J connectivity index is 2.98. The van der Waals surface area contributed by atoms with E-state index in [0.29, 0.717) is 18.5 Å². The van der Waals surface area contributed by atoms with Crippen LogP contribution < -0.4 is 0 Å². The second-order valence-electron chi connectivity index (χ2n) is 4.70. The average molecular weight is 239 g/mol. The number of benzene rings is 1. The molecule has 0 radical (unpaired) electrons. The summed E-state index contributed by atoms with van der Waals surface area (Å²) in [4.78, 5) is 13.3. The predicted molar refractivity (Wildman–Crippen MR) is 64.6 cm³/mol. The van der Waals surface area contributed by atoms with Gasteiger partial charge < -0.3 is 10.0 Å². The highest BCUT2D eigenvalue weighted by molar-refractivity contribution is 5.80. The molecule has 1 unspecified atom stereocenters. The lowest BCUT2D eigenvalue weighted by Gasteiger charge is -2.26. The fraction of sp³-hybridized carbons (Fsp3) is 0.462. The summed E-state index contributed by atoms with van der Waals surface area (Å²) in [6, 6.07) is 5.68. The van der Waals surface area contributed by atoms with Crippen molar-refractivity contribution in [2.45, 2.75) is 18.8 Å². The zero-order valence-corrected chi connectivity index (χ0v) is 10.4. The van der Waals surface area contributed by atoms with E-state index >= 15 is 0 Å². The molecule has 94 valence electrons. The summed E-state index contributed by atoms with van der Waals surface area (Å²) in [5.41, 5.74) is -0.342. The SMILES string of the molecule is CN(C)CCC(C)(C(=O)O)c1ccc(F)cc1. The van der Waals surface area contributed by atoms with Crippen molar-refractivity contribution in [1.82, 2.24) is 4.90 Å². The minimum absolute atomic E-state index is 0.353. The first-order valence-electron chi connectivity index (χ1n) is 5.50. The van der Waals surface area contributed by atoms with E-state index in [-0.39, 0.29) is 5.82 Å². The molecule has 0 aromatic heterocycles. The van der Waals surface area contributed by atoms with Crippen LogP contribution in [0.2, 0.25) is 0 Å². The molecule has 0 bridgehead atoms. The van der Waals surface area contributed by atoms with Crippen LogP contribution >= 0.6 is 0 Å². The minimum atomic E-state index is -0.974. The number of carboxylic acids is 1. The van der Waals surface area contributed by atoms with Crippen LogP contribution in [0.25, 0.3) is 0 Å². The molecule has 4 heteroatoms. The molecule has 1 aromatic rings. The lowest BCUT2D eigenvalue weighted by atomic mass is 9.79. The van der Waals surface area contributed by atoms with Crippen LogP contribution in [0.4, 0.5) is 4.39 Å². The zero-order chi connectivity index (χ0) is 13.1. The number of rotatable bonds is 5. The van der Waals surface area contributed by atoms with Gasteiger partial charge in [-0.25, -0.2) is 4.39 Å². The Bertz CT molecular complexity index is 389. The highest BCUT2D eigenvalue weighted by Crippen LogP contribution is 2.28. The first-order valence-corrected chi connectivity index (χ1v) is 5.50. The fourth-order valence-corrected chi connectivity index (χ4v) is 1.64. The molecule has 1 N–H and O–H groups in total. The highest BCUT2D eigenvalue weighted by atomic mass is 19.1. The van der Waals surface area contributed by atoms with Crippen molar-refractivity contribution in [3.05, 3.63) is 35.6 Å². The molecule has 0 fully saturated rings. The number of halogens is 1. The van der Waals surface area contributed by atoms with Gasteiger partial charge >= 0.3 is 5.97 Å². The third-order valence-electron chi connectivity index (χ3n) is 3.01. The van der Waals surface area contributed by atoms with Gasteiger partial charge in [-0.1, -0.05) is 12.1 Å². The van der Waals surface area contributed by atoms with Gasteiger partial charge in [-0.05, 0) is 51.7 Å². The summed E-state index contributed by atoms with van der Waals surface area (Å²) in [5.74, 6) is -1.24. The molecule has 0 amide bonds. The molecule has 0 aliphatic heterocycles.